The number of hydrogen-bond donors (Lipinski definition) is 1. The summed E-state index contributed by atoms with van der Waals surface area (Å²) in [7, 11) is 1.56. The van der Waals surface area contributed by atoms with Gasteiger partial charge in [-0.1, -0.05) is 11.2 Å². The standard InChI is InChI=1S/C17H22N2O3/c1-11-17(12(2)22-18-11)14-5-4-8-19(14)10-13-6-7-16(21-3)15(20)9-13/h6-7,9,14,20H,4-5,8,10H2,1-3H3/t14-/m0/s1. The summed E-state index contributed by atoms with van der Waals surface area (Å²) in [6.45, 7) is 5.82. The number of aromatic nitrogens is 1. The van der Waals surface area contributed by atoms with Crippen molar-refractivity contribution in [3.05, 3.63) is 40.8 Å². The molecule has 1 aliphatic heterocycles. The molecule has 1 saturated heterocycles. The van der Waals surface area contributed by atoms with Gasteiger partial charge in [0.15, 0.2) is 11.5 Å². The Morgan fingerprint density at radius 1 is 1.41 bits per heavy atom. The van der Waals surface area contributed by atoms with E-state index in [4.69, 9.17) is 9.26 Å². The highest BCUT2D eigenvalue weighted by atomic mass is 16.5. The summed E-state index contributed by atoms with van der Waals surface area (Å²) in [6, 6.07) is 5.93. The predicted octanol–water partition coefficient (Wildman–Crippen LogP) is 3.34. The second-order valence-corrected chi connectivity index (χ2v) is 5.87. The lowest BCUT2D eigenvalue weighted by atomic mass is 10.0. The Labute approximate surface area is 130 Å². The fourth-order valence-corrected chi connectivity index (χ4v) is 3.38. The van der Waals surface area contributed by atoms with E-state index >= 15 is 0 Å². The third-order valence-electron chi connectivity index (χ3n) is 4.41. The van der Waals surface area contributed by atoms with Crippen molar-refractivity contribution in [2.75, 3.05) is 13.7 Å². The quantitative estimate of drug-likeness (QED) is 0.938. The highest BCUT2D eigenvalue weighted by Gasteiger charge is 2.30. The highest BCUT2D eigenvalue weighted by molar-refractivity contribution is 5.41. The molecule has 22 heavy (non-hydrogen) atoms. The first kappa shape index (κ1) is 14.9. The van der Waals surface area contributed by atoms with Crippen LogP contribution >= 0.6 is 0 Å². The third-order valence-corrected chi connectivity index (χ3v) is 4.41. The molecule has 0 bridgehead atoms. The molecule has 1 aromatic carbocycles. The number of nitrogens with zero attached hydrogens (tertiary/aromatic N) is 2. The molecule has 0 radical (unpaired) electrons. The largest absolute Gasteiger partial charge is 0.504 e. The first-order valence-corrected chi connectivity index (χ1v) is 7.63. The molecular weight excluding hydrogens is 280 g/mol. The molecule has 2 aromatic rings. The highest BCUT2D eigenvalue weighted by Crippen LogP contribution is 2.37. The van der Waals surface area contributed by atoms with Gasteiger partial charge in [-0.3, -0.25) is 4.90 Å². The first-order chi connectivity index (χ1) is 10.6. The minimum atomic E-state index is 0.188. The van der Waals surface area contributed by atoms with Crippen molar-refractivity contribution < 1.29 is 14.4 Å². The Hall–Kier alpha value is -2.01. The molecule has 5 heteroatoms. The molecule has 2 heterocycles. The maximum atomic E-state index is 9.93. The monoisotopic (exact) mass is 302 g/mol. The average molecular weight is 302 g/mol. The molecule has 0 aliphatic carbocycles. The summed E-state index contributed by atoms with van der Waals surface area (Å²) < 4.78 is 10.4. The molecular formula is C17H22N2O3. The van der Waals surface area contributed by atoms with E-state index in [0.29, 0.717) is 11.8 Å². The van der Waals surface area contributed by atoms with Crippen molar-refractivity contribution in [2.45, 2.75) is 39.3 Å². The van der Waals surface area contributed by atoms with E-state index in [1.807, 2.05) is 26.0 Å². The van der Waals surface area contributed by atoms with Gasteiger partial charge < -0.3 is 14.4 Å². The van der Waals surface area contributed by atoms with Crippen molar-refractivity contribution in [2.24, 2.45) is 0 Å². The van der Waals surface area contributed by atoms with Crippen LogP contribution in [0.1, 0.15) is 41.5 Å². The molecule has 1 aliphatic rings. The van der Waals surface area contributed by atoms with E-state index in [-0.39, 0.29) is 5.75 Å². The molecule has 0 unspecified atom stereocenters. The van der Waals surface area contributed by atoms with Crippen molar-refractivity contribution in [3.8, 4) is 11.5 Å². The zero-order valence-corrected chi connectivity index (χ0v) is 13.3. The van der Waals surface area contributed by atoms with Crippen LogP contribution in [-0.4, -0.2) is 28.8 Å². The molecule has 1 N–H and O–H groups in total. The normalized spacial score (nSPS) is 18.8. The molecule has 5 nitrogen and oxygen atoms in total. The SMILES string of the molecule is COc1ccc(CN2CCC[C@H]2c2c(C)noc2C)cc1O. The number of phenolic OH excluding ortho intramolecular Hbond substituents is 1. The van der Waals surface area contributed by atoms with Gasteiger partial charge in [-0.25, -0.2) is 0 Å². The molecule has 1 aromatic heterocycles. The molecule has 0 amide bonds. The van der Waals surface area contributed by atoms with E-state index in [1.165, 1.54) is 5.56 Å². The smallest absolute Gasteiger partial charge is 0.160 e. The van der Waals surface area contributed by atoms with Crippen LogP contribution in [0, 0.1) is 13.8 Å². The van der Waals surface area contributed by atoms with Gasteiger partial charge in [-0.2, -0.15) is 0 Å². The third kappa shape index (κ3) is 2.68. The minimum Gasteiger partial charge on any atom is -0.504 e. The fourth-order valence-electron chi connectivity index (χ4n) is 3.38. The van der Waals surface area contributed by atoms with Crippen LogP contribution in [0.4, 0.5) is 0 Å². The van der Waals surface area contributed by atoms with Gasteiger partial charge in [0.05, 0.1) is 12.8 Å². The van der Waals surface area contributed by atoms with Gasteiger partial charge in [-0.15, -0.1) is 0 Å². The summed E-state index contributed by atoms with van der Waals surface area (Å²) in [4.78, 5) is 2.42. The van der Waals surface area contributed by atoms with Crippen LogP contribution < -0.4 is 4.74 Å². The second-order valence-electron chi connectivity index (χ2n) is 5.87. The Morgan fingerprint density at radius 2 is 2.23 bits per heavy atom. The Morgan fingerprint density at radius 3 is 2.86 bits per heavy atom. The van der Waals surface area contributed by atoms with E-state index in [1.54, 1.807) is 13.2 Å². The average Bonchev–Trinajstić information content (AvgIpc) is 3.06. The van der Waals surface area contributed by atoms with Crippen LogP contribution in [0.3, 0.4) is 0 Å². The van der Waals surface area contributed by atoms with Crippen molar-refractivity contribution >= 4 is 0 Å². The van der Waals surface area contributed by atoms with Crippen LogP contribution in [0.25, 0.3) is 0 Å². The van der Waals surface area contributed by atoms with E-state index in [2.05, 4.69) is 10.1 Å². The van der Waals surface area contributed by atoms with Crippen LogP contribution in [0.5, 0.6) is 11.5 Å². The number of benzene rings is 1. The maximum absolute atomic E-state index is 9.93. The Balaban J connectivity index is 1.81. The van der Waals surface area contributed by atoms with Gasteiger partial charge in [0.25, 0.3) is 0 Å². The lowest BCUT2D eigenvalue weighted by molar-refractivity contribution is 0.245. The summed E-state index contributed by atoms with van der Waals surface area (Å²) in [5, 5.41) is 14.0. The number of rotatable bonds is 4. The van der Waals surface area contributed by atoms with E-state index in [0.717, 1.165) is 42.9 Å². The number of methoxy groups -OCH3 is 1. The number of aryl methyl sites for hydroxylation is 2. The molecule has 118 valence electrons. The maximum Gasteiger partial charge on any atom is 0.160 e. The molecule has 0 spiro atoms. The summed E-state index contributed by atoms with van der Waals surface area (Å²) >= 11 is 0. The van der Waals surface area contributed by atoms with Gasteiger partial charge in [-0.05, 0) is 50.9 Å². The van der Waals surface area contributed by atoms with Crippen molar-refractivity contribution in [1.82, 2.24) is 10.1 Å². The number of ether oxygens (including phenoxy) is 1. The molecule has 0 saturated carbocycles. The van der Waals surface area contributed by atoms with Crippen LogP contribution in [0.2, 0.25) is 0 Å². The Bertz CT molecular complexity index is 646. The van der Waals surface area contributed by atoms with Crippen molar-refractivity contribution in [1.29, 1.82) is 0 Å². The van der Waals surface area contributed by atoms with Gasteiger partial charge >= 0.3 is 0 Å². The van der Waals surface area contributed by atoms with Gasteiger partial charge in [0.2, 0.25) is 0 Å². The molecule has 3 rings (SSSR count). The lowest BCUT2D eigenvalue weighted by Gasteiger charge is -2.24. The molecule has 1 atom stereocenters. The van der Waals surface area contributed by atoms with Crippen LogP contribution in [0.15, 0.2) is 22.7 Å². The summed E-state index contributed by atoms with van der Waals surface area (Å²) in [6.07, 6.45) is 2.28. The number of aromatic hydroxyl groups is 1. The first-order valence-electron chi connectivity index (χ1n) is 7.63. The molecule has 1 fully saturated rings. The lowest BCUT2D eigenvalue weighted by Crippen LogP contribution is -2.23. The van der Waals surface area contributed by atoms with E-state index in [9.17, 15) is 5.11 Å². The number of phenols is 1. The summed E-state index contributed by atoms with van der Waals surface area (Å²) in [5.41, 5.74) is 3.28. The second kappa shape index (κ2) is 6.01. The summed E-state index contributed by atoms with van der Waals surface area (Å²) in [5.74, 6) is 1.60. The Kier molecular flexibility index (Phi) is 4.07. The van der Waals surface area contributed by atoms with Crippen LogP contribution in [-0.2, 0) is 6.54 Å². The van der Waals surface area contributed by atoms with Gasteiger partial charge in [0, 0.05) is 18.2 Å². The van der Waals surface area contributed by atoms with Crippen molar-refractivity contribution in [3.63, 3.8) is 0 Å². The zero-order valence-electron chi connectivity index (χ0n) is 13.3. The fraction of sp³-hybridized carbons (Fsp3) is 0.471. The number of hydrogen-bond acceptors (Lipinski definition) is 5. The van der Waals surface area contributed by atoms with Gasteiger partial charge in [0.1, 0.15) is 5.76 Å². The number of likely N-dealkylation sites (tertiary alicyclic amines) is 1. The minimum absolute atomic E-state index is 0.188. The topological polar surface area (TPSA) is 58.7 Å². The zero-order chi connectivity index (χ0) is 15.7. The predicted molar refractivity (Wildman–Crippen MR) is 83.0 cm³/mol. The van der Waals surface area contributed by atoms with E-state index < -0.39 is 0 Å².